The van der Waals surface area contributed by atoms with Crippen molar-refractivity contribution in [2.75, 3.05) is 0 Å². The Kier molecular flexibility index (Phi) is 9.73. The quantitative estimate of drug-likeness (QED) is 0.430. The van der Waals surface area contributed by atoms with E-state index < -0.39 is 0 Å². The van der Waals surface area contributed by atoms with Crippen LogP contribution in [0.2, 0.25) is 0 Å². The average molecular weight is 193 g/mol. The second kappa shape index (κ2) is 7.90. The molecule has 0 aliphatic heterocycles. The summed E-state index contributed by atoms with van der Waals surface area (Å²) in [4.78, 5) is 0. The normalized spacial score (nSPS) is 8.58. The molecule has 0 amide bonds. The topological polar surface area (TPSA) is 0 Å². The molecule has 0 nitrogen and oxygen atoms in total. The fourth-order valence-electron chi connectivity index (χ4n) is 1.03. The van der Waals surface area contributed by atoms with Gasteiger partial charge in [-0.25, -0.2) is 0 Å². The van der Waals surface area contributed by atoms with Crippen LogP contribution in [-0.4, -0.2) is 23.1 Å². The second-order valence-corrected chi connectivity index (χ2v) is 3.01. The van der Waals surface area contributed by atoms with E-state index in [1.165, 1.54) is 5.56 Å². The van der Waals surface area contributed by atoms with Gasteiger partial charge in [0.25, 0.3) is 0 Å². The minimum absolute atomic E-state index is 0. The largest absolute Gasteiger partial charge is 2.00 e. The van der Waals surface area contributed by atoms with E-state index >= 15 is 0 Å². The summed E-state index contributed by atoms with van der Waals surface area (Å²) in [5.74, 6) is 0.746. The van der Waals surface area contributed by atoms with Crippen LogP contribution < -0.4 is 12.4 Å². The standard InChI is InChI=1S/C10H13.ClH.Mg/c1-9(2)8-10-6-4-3-5-7-10;;/h3-4,6-7,9H,8H2,1-2H3;1H;/q-1;;+2/p-1. The summed E-state index contributed by atoms with van der Waals surface area (Å²) in [6.45, 7) is 4.46. The van der Waals surface area contributed by atoms with E-state index in [-0.39, 0.29) is 35.5 Å². The van der Waals surface area contributed by atoms with E-state index in [0.29, 0.717) is 0 Å². The van der Waals surface area contributed by atoms with Crippen molar-refractivity contribution in [3.05, 3.63) is 35.9 Å². The van der Waals surface area contributed by atoms with Crippen molar-refractivity contribution in [2.24, 2.45) is 5.92 Å². The number of benzene rings is 1. The van der Waals surface area contributed by atoms with Crippen molar-refractivity contribution < 1.29 is 12.4 Å². The van der Waals surface area contributed by atoms with Crippen LogP contribution in [0.3, 0.4) is 0 Å². The Hall–Kier alpha value is 0.276. The molecule has 2 heteroatoms. The molecule has 0 saturated heterocycles. The minimum Gasteiger partial charge on any atom is -1.00 e. The van der Waals surface area contributed by atoms with E-state index in [9.17, 15) is 0 Å². The summed E-state index contributed by atoms with van der Waals surface area (Å²) in [5, 5.41) is 0. The first-order valence-corrected chi connectivity index (χ1v) is 3.74. The summed E-state index contributed by atoms with van der Waals surface area (Å²) in [6, 6.07) is 11.2. The Balaban J connectivity index is 0. The molecule has 62 valence electrons. The summed E-state index contributed by atoms with van der Waals surface area (Å²) in [7, 11) is 0. The maximum absolute atomic E-state index is 3.07. The molecule has 0 bridgehead atoms. The van der Waals surface area contributed by atoms with Crippen molar-refractivity contribution in [1.82, 2.24) is 0 Å². The molecule has 0 heterocycles. The van der Waals surface area contributed by atoms with Crippen LogP contribution in [0.4, 0.5) is 0 Å². The summed E-state index contributed by atoms with van der Waals surface area (Å²) in [5.41, 5.74) is 1.39. The molecular weight excluding hydrogens is 180 g/mol. The van der Waals surface area contributed by atoms with Gasteiger partial charge < -0.3 is 12.4 Å². The first kappa shape index (κ1) is 14.8. The number of rotatable bonds is 2. The van der Waals surface area contributed by atoms with Gasteiger partial charge in [-0.05, 0) is 0 Å². The maximum Gasteiger partial charge on any atom is 2.00 e. The molecule has 12 heavy (non-hydrogen) atoms. The molecule has 0 atom stereocenters. The summed E-state index contributed by atoms with van der Waals surface area (Å²) >= 11 is 0. The molecule has 0 fully saturated rings. The molecule has 1 aromatic rings. The number of hydrogen-bond acceptors (Lipinski definition) is 0. The smallest absolute Gasteiger partial charge is 1.00 e. The van der Waals surface area contributed by atoms with Gasteiger partial charge in [-0.1, -0.05) is 26.2 Å². The molecule has 0 aliphatic carbocycles. The fourth-order valence-corrected chi connectivity index (χ4v) is 1.03. The van der Waals surface area contributed by atoms with E-state index in [1.807, 2.05) is 12.1 Å². The Bertz CT molecular complexity index is 184. The van der Waals surface area contributed by atoms with Crippen molar-refractivity contribution in [3.63, 3.8) is 0 Å². The van der Waals surface area contributed by atoms with Crippen LogP contribution in [0.15, 0.2) is 24.3 Å². The maximum atomic E-state index is 3.07. The molecule has 0 unspecified atom stereocenters. The molecule has 0 spiro atoms. The van der Waals surface area contributed by atoms with Crippen molar-refractivity contribution in [1.29, 1.82) is 0 Å². The Morgan fingerprint density at radius 2 is 2.08 bits per heavy atom. The van der Waals surface area contributed by atoms with Crippen LogP contribution in [0.5, 0.6) is 0 Å². The first-order chi connectivity index (χ1) is 4.79. The number of halogens is 1. The first-order valence-electron chi connectivity index (χ1n) is 3.74. The van der Waals surface area contributed by atoms with Crippen molar-refractivity contribution in [3.8, 4) is 0 Å². The Labute approximate surface area is 97.3 Å². The molecule has 1 aromatic carbocycles. The van der Waals surface area contributed by atoms with Gasteiger partial charge in [0, 0.05) is 0 Å². The third-order valence-electron chi connectivity index (χ3n) is 1.42. The fraction of sp³-hybridized carbons (Fsp3) is 0.400. The van der Waals surface area contributed by atoms with Crippen molar-refractivity contribution in [2.45, 2.75) is 20.3 Å². The monoisotopic (exact) mass is 192 g/mol. The molecular formula is C10H13ClMg. The van der Waals surface area contributed by atoms with Gasteiger partial charge in [0.05, 0.1) is 0 Å². The molecule has 1 rings (SSSR count). The van der Waals surface area contributed by atoms with E-state index in [0.717, 1.165) is 12.3 Å². The molecule has 0 aliphatic rings. The molecule has 0 saturated carbocycles. The average Bonchev–Trinajstić information content (AvgIpc) is 1.88. The molecule has 0 aromatic heterocycles. The predicted octanol–water partition coefficient (Wildman–Crippen LogP) is -0.692. The van der Waals surface area contributed by atoms with Crippen LogP contribution >= 0.6 is 0 Å². The predicted molar refractivity (Wildman–Crippen MR) is 49.6 cm³/mol. The Morgan fingerprint density at radius 1 is 1.42 bits per heavy atom. The van der Waals surface area contributed by atoms with Crippen LogP contribution in [-0.2, 0) is 6.42 Å². The molecule has 0 radical (unpaired) electrons. The second-order valence-electron chi connectivity index (χ2n) is 3.01. The van der Waals surface area contributed by atoms with Crippen LogP contribution in [0.25, 0.3) is 0 Å². The zero-order valence-corrected chi connectivity index (χ0v) is 9.85. The van der Waals surface area contributed by atoms with E-state index in [4.69, 9.17) is 0 Å². The van der Waals surface area contributed by atoms with Gasteiger partial charge in [0.2, 0.25) is 0 Å². The van der Waals surface area contributed by atoms with Gasteiger partial charge in [-0.3, -0.25) is 0 Å². The summed E-state index contributed by atoms with van der Waals surface area (Å²) < 4.78 is 0. The van der Waals surface area contributed by atoms with Crippen molar-refractivity contribution >= 4 is 23.1 Å². The third kappa shape index (κ3) is 5.87. The van der Waals surface area contributed by atoms with Crippen LogP contribution in [0.1, 0.15) is 19.4 Å². The number of hydrogen-bond donors (Lipinski definition) is 0. The van der Waals surface area contributed by atoms with Gasteiger partial charge in [0.15, 0.2) is 0 Å². The van der Waals surface area contributed by atoms with E-state index in [2.05, 4.69) is 32.0 Å². The SMILES string of the molecule is CC(C)Cc1c[c-]ccc1.[Cl-].[Mg+2]. The van der Waals surface area contributed by atoms with Gasteiger partial charge >= 0.3 is 23.1 Å². The summed E-state index contributed by atoms with van der Waals surface area (Å²) in [6.07, 6.45) is 1.16. The Morgan fingerprint density at radius 3 is 2.50 bits per heavy atom. The van der Waals surface area contributed by atoms with Gasteiger partial charge in [-0.15, -0.1) is 0 Å². The zero-order valence-electron chi connectivity index (χ0n) is 7.68. The van der Waals surface area contributed by atoms with E-state index in [1.54, 1.807) is 0 Å². The minimum atomic E-state index is 0. The third-order valence-corrected chi connectivity index (χ3v) is 1.42. The van der Waals surface area contributed by atoms with Gasteiger partial charge in [0.1, 0.15) is 0 Å². The van der Waals surface area contributed by atoms with Crippen LogP contribution in [0, 0.1) is 12.0 Å². The zero-order chi connectivity index (χ0) is 7.40. The van der Waals surface area contributed by atoms with Gasteiger partial charge in [-0.2, -0.15) is 35.9 Å². The molecule has 0 N–H and O–H groups in total.